The molecule has 0 fully saturated rings. The quantitative estimate of drug-likeness (QED) is 0.740. The Kier molecular flexibility index (Phi) is 3.98. The van der Waals surface area contributed by atoms with Gasteiger partial charge >= 0.3 is 0 Å². The van der Waals surface area contributed by atoms with Crippen molar-refractivity contribution >= 4 is 50.0 Å². The van der Waals surface area contributed by atoms with Crippen LogP contribution >= 0.6 is 22.7 Å². The molecule has 1 N–H and O–H groups in total. The maximum Gasteiger partial charge on any atom is 0.250 e. The van der Waals surface area contributed by atoms with Crippen LogP contribution in [0.3, 0.4) is 0 Å². The van der Waals surface area contributed by atoms with Gasteiger partial charge in [-0.15, -0.1) is 11.3 Å². The predicted octanol–water partition coefficient (Wildman–Crippen LogP) is 4.02. The van der Waals surface area contributed by atoms with E-state index in [2.05, 4.69) is 10.3 Å². The van der Waals surface area contributed by atoms with Crippen molar-refractivity contribution in [3.8, 4) is 5.75 Å². The molecule has 0 aliphatic carbocycles. The molecule has 1 amide bonds. The smallest absolute Gasteiger partial charge is 0.250 e. The molecule has 3 aromatic rings. The van der Waals surface area contributed by atoms with Crippen molar-refractivity contribution in [1.29, 1.82) is 0 Å². The first kappa shape index (κ1) is 13.8. The van der Waals surface area contributed by atoms with Gasteiger partial charge in [0, 0.05) is 11.0 Å². The molecule has 2 aromatic heterocycles. The molecule has 0 spiro atoms. The van der Waals surface area contributed by atoms with Crippen LogP contribution in [-0.2, 0) is 4.79 Å². The number of rotatable bonds is 4. The fraction of sp³-hybridized carbons (Fsp3) is 0.0667. The van der Waals surface area contributed by atoms with E-state index in [9.17, 15) is 4.79 Å². The summed E-state index contributed by atoms with van der Waals surface area (Å²) in [5.41, 5.74) is 0.846. The molecule has 6 heteroatoms. The third-order valence-electron chi connectivity index (χ3n) is 2.77. The molecule has 106 valence electrons. The zero-order chi connectivity index (χ0) is 14.7. The van der Waals surface area contributed by atoms with Crippen LogP contribution in [0.15, 0.2) is 41.8 Å². The number of amides is 1. The second-order valence-corrected chi connectivity index (χ2v) is 6.20. The van der Waals surface area contributed by atoms with Crippen molar-refractivity contribution in [3.63, 3.8) is 0 Å². The molecule has 0 aliphatic rings. The molecule has 0 aliphatic heterocycles. The summed E-state index contributed by atoms with van der Waals surface area (Å²) >= 11 is 3.01. The predicted molar refractivity (Wildman–Crippen MR) is 88.2 cm³/mol. The number of nitrogens with one attached hydrogen (secondary N) is 1. The summed E-state index contributed by atoms with van der Waals surface area (Å²) < 4.78 is 6.15. The minimum absolute atomic E-state index is 0.186. The minimum atomic E-state index is -0.186. The lowest BCUT2D eigenvalue weighted by Crippen LogP contribution is -2.06. The van der Waals surface area contributed by atoms with Gasteiger partial charge in [-0.05, 0) is 35.7 Å². The van der Waals surface area contributed by atoms with Gasteiger partial charge in [0.1, 0.15) is 5.75 Å². The molecule has 1 aromatic carbocycles. The van der Waals surface area contributed by atoms with Gasteiger partial charge in [0.2, 0.25) is 5.91 Å². The molecule has 3 rings (SSSR count). The Hall–Kier alpha value is -2.18. The van der Waals surface area contributed by atoms with E-state index in [4.69, 9.17) is 4.74 Å². The molecule has 21 heavy (non-hydrogen) atoms. The van der Waals surface area contributed by atoms with E-state index < -0.39 is 0 Å². The van der Waals surface area contributed by atoms with Gasteiger partial charge in [-0.25, -0.2) is 4.98 Å². The third kappa shape index (κ3) is 3.29. The topological polar surface area (TPSA) is 51.2 Å². The van der Waals surface area contributed by atoms with Crippen LogP contribution in [0.5, 0.6) is 5.75 Å². The van der Waals surface area contributed by atoms with Gasteiger partial charge in [-0.2, -0.15) is 0 Å². The Morgan fingerprint density at radius 2 is 2.29 bits per heavy atom. The number of thiazole rings is 1. The summed E-state index contributed by atoms with van der Waals surface area (Å²) in [6, 6.07) is 9.54. The molecule has 4 nitrogen and oxygen atoms in total. The van der Waals surface area contributed by atoms with Crippen LogP contribution in [0, 0.1) is 0 Å². The van der Waals surface area contributed by atoms with Crippen molar-refractivity contribution in [3.05, 3.63) is 46.7 Å². The summed E-state index contributed by atoms with van der Waals surface area (Å²) in [6.45, 7) is 0. The highest BCUT2D eigenvalue weighted by Crippen LogP contribution is 2.29. The van der Waals surface area contributed by atoms with Crippen molar-refractivity contribution in [2.24, 2.45) is 0 Å². The van der Waals surface area contributed by atoms with Crippen LogP contribution in [0.25, 0.3) is 16.3 Å². The van der Waals surface area contributed by atoms with Crippen LogP contribution in [0.4, 0.5) is 5.13 Å². The maximum atomic E-state index is 11.9. The summed E-state index contributed by atoms with van der Waals surface area (Å²) in [6.07, 6.45) is 3.30. The van der Waals surface area contributed by atoms with Gasteiger partial charge in [0.25, 0.3) is 0 Å². The van der Waals surface area contributed by atoms with Gasteiger partial charge in [-0.3, -0.25) is 10.1 Å². The van der Waals surface area contributed by atoms with E-state index in [1.165, 1.54) is 17.4 Å². The van der Waals surface area contributed by atoms with Gasteiger partial charge in [0.05, 0.1) is 17.3 Å². The lowest BCUT2D eigenvalue weighted by atomic mass is 10.3. The van der Waals surface area contributed by atoms with Crippen LogP contribution < -0.4 is 10.1 Å². The second kappa shape index (κ2) is 6.07. The number of anilines is 1. The zero-order valence-corrected chi connectivity index (χ0v) is 12.8. The monoisotopic (exact) mass is 316 g/mol. The number of carbonyl (C=O) groups is 1. The van der Waals surface area contributed by atoms with E-state index in [0.29, 0.717) is 5.13 Å². The average Bonchev–Trinajstić information content (AvgIpc) is 3.13. The molecule has 0 saturated heterocycles. The number of methoxy groups -OCH3 is 1. The van der Waals surface area contributed by atoms with Crippen LogP contribution in [-0.4, -0.2) is 18.0 Å². The molecule has 0 atom stereocenters. The lowest BCUT2D eigenvalue weighted by Gasteiger charge is -1.96. The number of hydrogen-bond donors (Lipinski definition) is 1. The van der Waals surface area contributed by atoms with Crippen LogP contribution in [0.1, 0.15) is 4.88 Å². The highest BCUT2D eigenvalue weighted by molar-refractivity contribution is 7.22. The Bertz CT molecular complexity index is 791. The first-order valence-corrected chi connectivity index (χ1v) is 7.91. The van der Waals surface area contributed by atoms with Crippen molar-refractivity contribution < 1.29 is 9.53 Å². The maximum absolute atomic E-state index is 11.9. The lowest BCUT2D eigenvalue weighted by molar-refractivity contribution is -0.111. The first-order valence-electron chi connectivity index (χ1n) is 6.22. The molecule has 0 unspecified atom stereocenters. The summed E-state index contributed by atoms with van der Waals surface area (Å²) in [7, 11) is 1.63. The second-order valence-electron chi connectivity index (χ2n) is 4.19. The SMILES string of the molecule is COc1ccc2nc(NC(=O)C=Cc3cccs3)sc2c1. The van der Waals surface area contributed by atoms with E-state index in [-0.39, 0.29) is 5.91 Å². The Balaban J connectivity index is 1.73. The summed E-state index contributed by atoms with van der Waals surface area (Å²) in [5.74, 6) is 0.594. The molecule has 2 heterocycles. The molecular weight excluding hydrogens is 304 g/mol. The summed E-state index contributed by atoms with van der Waals surface area (Å²) in [4.78, 5) is 17.3. The van der Waals surface area contributed by atoms with Crippen molar-refractivity contribution in [2.45, 2.75) is 0 Å². The van der Waals surface area contributed by atoms with E-state index in [0.717, 1.165) is 20.8 Å². The number of carbonyl (C=O) groups excluding carboxylic acids is 1. The Labute approximate surface area is 129 Å². The Morgan fingerprint density at radius 1 is 1.38 bits per heavy atom. The molecular formula is C15H12N2O2S2. The minimum Gasteiger partial charge on any atom is -0.497 e. The number of ether oxygens (including phenoxy) is 1. The third-order valence-corrected chi connectivity index (χ3v) is 4.54. The number of hydrogen-bond acceptors (Lipinski definition) is 5. The number of fused-ring (bicyclic) bond motifs is 1. The fourth-order valence-corrected chi connectivity index (χ4v) is 3.29. The largest absolute Gasteiger partial charge is 0.497 e. The van der Waals surface area contributed by atoms with E-state index in [1.807, 2.05) is 35.7 Å². The summed E-state index contributed by atoms with van der Waals surface area (Å²) in [5, 5.41) is 5.33. The molecule has 0 radical (unpaired) electrons. The molecule has 0 bridgehead atoms. The van der Waals surface area contributed by atoms with E-state index >= 15 is 0 Å². The van der Waals surface area contributed by atoms with E-state index in [1.54, 1.807) is 24.5 Å². The number of aromatic nitrogens is 1. The fourth-order valence-electron chi connectivity index (χ4n) is 1.78. The first-order chi connectivity index (χ1) is 10.2. The van der Waals surface area contributed by atoms with Crippen molar-refractivity contribution in [2.75, 3.05) is 12.4 Å². The molecule has 0 saturated carbocycles. The number of nitrogens with zero attached hydrogens (tertiary/aromatic N) is 1. The number of thiophene rings is 1. The standard InChI is InChI=1S/C15H12N2O2S2/c1-19-10-4-6-12-13(9-10)21-15(16-12)17-14(18)7-5-11-3-2-8-20-11/h2-9H,1H3,(H,16,17,18). The highest BCUT2D eigenvalue weighted by atomic mass is 32.1. The van der Waals surface area contributed by atoms with Gasteiger partial charge in [0.15, 0.2) is 5.13 Å². The average molecular weight is 316 g/mol. The van der Waals surface area contributed by atoms with Gasteiger partial charge in [-0.1, -0.05) is 17.4 Å². The van der Waals surface area contributed by atoms with Crippen LogP contribution in [0.2, 0.25) is 0 Å². The Morgan fingerprint density at radius 3 is 3.05 bits per heavy atom. The number of benzene rings is 1. The highest BCUT2D eigenvalue weighted by Gasteiger charge is 2.06. The van der Waals surface area contributed by atoms with Gasteiger partial charge < -0.3 is 4.74 Å². The zero-order valence-electron chi connectivity index (χ0n) is 11.2. The van der Waals surface area contributed by atoms with Crippen molar-refractivity contribution in [1.82, 2.24) is 4.98 Å². The normalized spacial score (nSPS) is 11.1.